The van der Waals surface area contributed by atoms with E-state index in [0.29, 0.717) is 13.1 Å². The number of carbonyl (C=O) groups excluding carboxylic acids is 2. The van der Waals surface area contributed by atoms with Crippen LogP contribution in [0.25, 0.3) is 0 Å². The third-order valence-electron chi connectivity index (χ3n) is 4.63. The van der Waals surface area contributed by atoms with E-state index in [0.717, 1.165) is 30.8 Å². The van der Waals surface area contributed by atoms with Gasteiger partial charge in [0.2, 0.25) is 11.8 Å². The standard InChI is InChI=1S/C17H23N3O3.ClH/c1-23-15-6-4-14(5-7-15)20-10-12(9-16(20)21)17(22)19-8-2-3-13(18)11-19;/h4-7,12-13H,2-3,8-11,18H2,1H3;1H. The highest BCUT2D eigenvalue weighted by Gasteiger charge is 2.38. The van der Waals surface area contributed by atoms with Crippen LogP contribution < -0.4 is 15.4 Å². The smallest absolute Gasteiger partial charge is 0.228 e. The minimum absolute atomic E-state index is 0. The predicted molar refractivity (Wildman–Crippen MR) is 94.5 cm³/mol. The van der Waals surface area contributed by atoms with Crippen LogP contribution in [0.4, 0.5) is 5.69 Å². The van der Waals surface area contributed by atoms with Crippen LogP contribution in [0.15, 0.2) is 24.3 Å². The zero-order chi connectivity index (χ0) is 16.4. The molecule has 24 heavy (non-hydrogen) atoms. The molecule has 1 aromatic carbocycles. The summed E-state index contributed by atoms with van der Waals surface area (Å²) in [5.74, 6) is 0.532. The Kier molecular flexibility index (Phi) is 6.07. The lowest BCUT2D eigenvalue weighted by atomic mass is 10.0. The molecule has 0 saturated carbocycles. The number of nitrogens with two attached hydrogens (primary N) is 1. The molecule has 3 rings (SSSR count). The number of halogens is 1. The van der Waals surface area contributed by atoms with E-state index in [4.69, 9.17) is 10.5 Å². The highest BCUT2D eigenvalue weighted by atomic mass is 35.5. The van der Waals surface area contributed by atoms with E-state index in [1.807, 2.05) is 29.2 Å². The number of likely N-dealkylation sites (tertiary alicyclic amines) is 1. The van der Waals surface area contributed by atoms with Crippen molar-refractivity contribution in [3.63, 3.8) is 0 Å². The van der Waals surface area contributed by atoms with E-state index in [1.165, 1.54) is 0 Å². The molecule has 2 amide bonds. The number of rotatable bonds is 3. The molecule has 2 atom stereocenters. The fourth-order valence-electron chi connectivity index (χ4n) is 3.35. The molecule has 1 aromatic rings. The summed E-state index contributed by atoms with van der Waals surface area (Å²) in [4.78, 5) is 28.4. The van der Waals surface area contributed by atoms with Crippen LogP contribution in [-0.2, 0) is 9.59 Å². The van der Waals surface area contributed by atoms with E-state index in [1.54, 1.807) is 12.0 Å². The van der Waals surface area contributed by atoms with Crippen LogP contribution in [-0.4, -0.2) is 49.5 Å². The Hall–Kier alpha value is -1.79. The highest BCUT2D eigenvalue weighted by Crippen LogP contribution is 2.28. The number of piperidine rings is 1. The number of amides is 2. The molecule has 2 fully saturated rings. The van der Waals surface area contributed by atoms with Crippen molar-refractivity contribution >= 4 is 29.9 Å². The van der Waals surface area contributed by atoms with E-state index >= 15 is 0 Å². The number of carbonyl (C=O) groups is 2. The number of hydrogen-bond donors (Lipinski definition) is 1. The van der Waals surface area contributed by atoms with Crippen LogP contribution in [0.3, 0.4) is 0 Å². The van der Waals surface area contributed by atoms with E-state index in [2.05, 4.69) is 0 Å². The minimum atomic E-state index is -0.269. The van der Waals surface area contributed by atoms with Crippen molar-refractivity contribution in [2.75, 3.05) is 31.6 Å². The van der Waals surface area contributed by atoms with Crippen molar-refractivity contribution < 1.29 is 14.3 Å². The second kappa shape index (κ2) is 7.85. The van der Waals surface area contributed by atoms with Gasteiger partial charge in [-0.25, -0.2) is 0 Å². The summed E-state index contributed by atoms with van der Waals surface area (Å²) in [6.07, 6.45) is 2.18. The lowest BCUT2D eigenvalue weighted by molar-refractivity contribution is -0.136. The average molecular weight is 354 g/mol. The van der Waals surface area contributed by atoms with Gasteiger partial charge in [0.25, 0.3) is 0 Å². The fourth-order valence-corrected chi connectivity index (χ4v) is 3.35. The number of benzene rings is 1. The maximum absolute atomic E-state index is 12.6. The molecule has 7 heteroatoms. The molecule has 0 aliphatic carbocycles. The summed E-state index contributed by atoms with van der Waals surface area (Å²) < 4.78 is 5.13. The molecule has 0 spiro atoms. The first-order valence-corrected chi connectivity index (χ1v) is 8.07. The lowest BCUT2D eigenvalue weighted by Gasteiger charge is -2.32. The Balaban J connectivity index is 0.00000208. The maximum atomic E-state index is 12.6. The van der Waals surface area contributed by atoms with Crippen molar-refractivity contribution in [1.82, 2.24) is 4.90 Å². The Labute approximate surface area is 148 Å². The molecule has 2 heterocycles. The van der Waals surface area contributed by atoms with Gasteiger partial charge in [0.15, 0.2) is 0 Å². The van der Waals surface area contributed by atoms with E-state index < -0.39 is 0 Å². The molecule has 2 N–H and O–H groups in total. The van der Waals surface area contributed by atoms with Crippen LogP contribution in [0.1, 0.15) is 19.3 Å². The SMILES string of the molecule is COc1ccc(N2CC(C(=O)N3CCCC(N)C3)CC2=O)cc1.Cl. The number of nitrogens with zero attached hydrogens (tertiary/aromatic N) is 2. The molecule has 0 bridgehead atoms. The highest BCUT2D eigenvalue weighted by molar-refractivity contribution is 6.00. The molecular weight excluding hydrogens is 330 g/mol. The maximum Gasteiger partial charge on any atom is 0.228 e. The number of methoxy groups -OCH3 is 1. The molecule has 0 radical (unpaired) electrons. The van der Waals surface area contributed by atoms with Crippen LogP contribution >= 0.6 is 12.4 Å². The van der Waals surface area contributed by atoms with Gasteiger partial charge in [-0.2, -0.15) is 0 Å². The lowest BCUT2D eigenvalue weighted by Crippen LogP contribution is -2.48. The minimum Gasteiger partial charge on any atom is -0.497 e. The predicted octanol–water partition coefficient (Wildman–Crippen LogP) is 1.42. The molecule has 132 valence electrons. The molecule has 2 unspecified atom stereocenters. The van der Waals surface area contributed by atoms with E-state index in [-0.39, 0.29) is 42.6 Å². The van der Waals surface area contributed by atoms with Crippen molar-refractivity contribution in [1.29, 1.82) is 0 Å². The molecule has 0 aromatic heterocycles. The molecule has 2 aliphatic heterocycles. The Morgan fingerprint density at radius 2 is 1.96 bits per heavy atom. The van der Waals surface area contributed by atoms with Crippen LogP contribution in [0.2, 0.25) is 0 Å². The number of anilines is 1. The van der Waals surface area contributed by atoms with Gasteiger partial charge in [0, 0.05) is 37.8 Å². The topological polar surface area (TPSA) is 75.9 Å². The van der Waals surface area contributed by atoms with Gasteiger partial charge < -0.3 is 20.3 Å². The summed E-state index contributed by atoms with van der Waals surface area (Å²) >= 11 is 0. The van der Waals surface area contributed by atoms with Gasteiger partial charge in [-0.05, 0) is 37.1 Å². The fraction of sp³-hybridized carbons (Fsp3) is 0.529. The van der Waals surface area contributed by atoms with Crippen molar-refractivity contribution in [3.05, 3.63) is 24.3 Å². The van der Waals surface area contributed by atoms with Gasteiger partial charge in [-0.15, -0.1) is 12.4 Å². The Morgan fingerprint density at radius 1 is 1.25 bits per heavy atom. The number of ether oxygens (including phenoxy) is 1. The second-order valence-electron chi connectivity index (χ2n) is 6.29. The Morgan fingerprint density at radius 3 is 2.58 bits per heavy atom. The molecular formula is C17H24ClN3O3. The second-order valence-corrected chi connectivity index (χ2v) is 6.29. The van der Waals surface area contributed by atoms with Crippen molar-refractivity contribution in [2.45, 2.75) is 25.3 Å². The zero-order valence-electron chi connectivity index (χ0n) is 13.8. The zero-order valence-corrected chi connectivity index (χ0v) is 14.6. The summed E-state index contributed by atoms with van der Waals surface area (Å²) in [6.45, 7) is 1.79. The normalized spacial score (nSPS) is 23.8. The van der Waals surface area contributed by atoms with E-state index in [9.17, 15) is 9.59 Å². The van der Waals surface area contributed by atoms with Crippen molar-refractivity contribution in [3.8, 4) is 5.75 Å². The number of hydrogen-bond acceptors (Lipinski definition) is 4. The molecule has 6 nitrogen and oxygen atoms in total. The van der Waals surface area contributed by atoms with Crippen LogP contribution in [0, 0.1) is 5.92 Å². The van der Waals surface area contributed by atoms with Gasteiger partial charge in [-0.1, -0.05) is 0 Å². The van der Waals surface area contributed by atoms with Gasteiger partial charge >= 0.3 is 0 Å². The van der Waals surface area contributed by atoms with Crippen molar-refractivity contribution in [2.24, 2.45) is 11.7 Å². The summed E-state index contributed by atoms with van der Waals surface area (Å²) in [5.41, 5.74) is 6.76. The third-order valence-corrected chi connectivity index (χ3v) is 4.63. The third kappa shape index (κ3) is 3.82. The largest absolute Gasteiger partial charge is 0.497 e. The first-order chi connectivity index (χ1) is 11.1. The molecule has 2 aliphatic rings. The summed E-state index contributed by atoms with van der Waals surface area (Å²) in [7, 11) is 1.61. The van der Waals surface area contributed by atoms with Gasteiger partial charge in [-0.3, -0.25) is 9.59 Å². The first kappa shape index (κ1) is 18.5. The first-order valence-electron chi connectivity index (χ1n) is 8.07. The molecule has 2 saturated heterocycles. The summed E-state index contributed by atoms with van der Waals surface area (Å²) in [6, 6.07) is 7.39. The Bertz CT molecular complexity index is 593. The van der Waals surface area contributed by atoms with Gasteiger partial charge in [0.1, 0.15) is 5.75 Å². The quantitative estimate of drug-likeness (QED) is 0.891. The average Bonchev–Trinajstić information content (AvgIpc) is 2.96. The van der Waals surface area contributed by atoms with Gasteiger partial charge in [0.05, 0.1) is 13.0 Å². The van der Waals surface area contributed by atoms with Crippen LogP contribution in [0.5, 0.6) is 5.75 Å². The monoisotopic (exact) mass is 353 g/mol. The summed E-state index contributed by atoms with van der Waals surface area (Å²) in [5, 5.41) is 0.